The van der Waals surface area contributed by atoms with Crippen LogP contribution < -0.4 is 5.46 Å². The molecule has 0 spiro atoms. The zero-order valence-electron chi connectivity index (χ0n) is 7.82. The first-order valence-corrected chi connectivity index (χ1v) is 4.09. The van der Waals surface area contributed by atoms with Gasteiger partial charge in [-0.25, -0.2) is 0 Å². The topological polar surface area (TPSA) is 49.7 Å². The first-order chi connectivity index (χ1) is 6.15. The molecule has 1 aromatic rings. The smallest absolute Gasteiger partial charge is 0.423 e. The standard InChI is InChI=1S/C9H13BO3/c1-7-3-4-8(6-13-2)5-9(7)10(11)12/h3-5,11-12H,6H2,1-2H3. The second kappa shape index (κ2) is 4.41. The minimum atomic E-state index is -1.41. The van der Waals surface area contributed by atoms with Crippen LogP contribution in [-0.2, 0) is 11.3 Å². The number of benzene rings is 1. The second-order valence-electron chi connectivity index (χ2n) is 3.00. The van der Waals surface area contributed by atoms with Crippen LogP contribution in [0.15, 0.2) is 18.2 Å². The molecule has 0 bridgehead atoms. The second-order valence-corrected chi connectivity index (χ2v) is 3.00. The van der Waals surface area contributed by atoms with Crippen LogP contribution in [0.5, 0.6) is 0 Å². The van der Waals surface area contributed by atoms with Gasteiger partial charge in [-0.2, -0.15) is 0 Å². The lowest BCUT2D eigenvalue weighted by atomic mass is 9.76. The largest absolute Gasteiger partial charge is 0.488 e. The van der Waals surface area contributed by atoms with E-state index >= 15 is 0 Å². The van der Waals surface area contributed by atoms with Gasteiger partial charge in [-0.3, -0.25) is 0 Å². The maximum Gasteiger partial charge on any atom is 0.488 e. The van der Waals surface area contributed by atoms with Gasteiger partial charge in [0.05, 0.1) is 6.61 Å². The highest BCUT2D eigenvalue weighted by Gasteiger charge is 2.13. The molecule has 0 saturated heterocycles. The van der Waals surface area contributed by atoms with Crippen molar-refractivity contribution in [2.75, 3.05) is 7.11 Å². The van der Waals surface area contributed by atoms with Crippen LogP contribution in [0.2, 0.25) is 0 Å². The molecule has 13 heavy (non-hydrogen) atoms. The van der Waals surface area contributed by atoms with E-state index in [0.717, 1.165) is 11.1 Å². The Kier molecular flexibility index (Phi) is 3.48. The summed E-state index contributed by atoms with van der Waals surface area (Å²) in [4.78, 5) is 0. The number of rotatable bonds is 3. The molecule has 0 aliphatic heterocycles. The Labute approximate surface area is 78.1 Å². The number of hydrogen-bond donors (Lipinski definition) is 2. The van der Waals surface area contributed by atoms with E-state index < -0.39 is 7.12 Å². The van der Waals surface area contributed by atoms with Crippen LogP contribution in [0.3, 0.4) is 0 Å². The summed E-state index contributed by atoms with van der Waals surface area (Å²) in [5.74, 6) is 0. The molecule has 1 rings (SSSR count). The van der Waals surface area contributed by atoms with E-state index in [4.69, 9.17) is 14.8 Å². The Bertz CT molecular complexity index is 286. The lowest BCUT2D eigenvalue weighted by Crippen LogP contribution is -2.32. The summed E-state index contributed by atoms with van der Waals surface area (Å²) in [6.45, 7) is 2.32. The first kappa shape index (κ1) is 10.2. The fourth-order valence-electron chi connectivity index (χ4n) is 1.22. The van der Waals surface area contributed by atoms with Gasteiger partial charge in [0.2, 0.25) is 0 Å². The summed E-state index contributed by atoms with van der Waals surface area (Å²) in [6.07, 6.45) is 0. The minimum Gasteiger partial charge on any atom is -0.423 e. The molecule has 0 aliphatic carbocycles. The van der Waals surface area contributed by atoms with Gasteiger partial charge >= 0.3 is 7.12 Å². The molecule has 0 amide bonds. The quantitative estimate of drug-likeness (QED) is 0.634. The number of aryl methyl sites for hydroxylation is 1. The van der Waals surface area contributed by atoms with Crippen molar-refractivity contribution in [1.29, 1.82) is 0 Å². The van der Waals surface area contributed by atoms with E-state index in [1.54, 1.807) is 13.2 Å². The van der Waals surface area contributed by atoms with Crippen molar-refractivity contribution < 1.29 is 14.8 Å². The highest BCUT2D eigenvalue weighted by Crippen LogP contribution is 2.02. The maximum absolute atomic E-state index is 9.01. The van der Waals surface area contributed by atoms with Crippen molar-refractivity contribution >= 4 is 12.6 Å². The first-order valence-electron chi connectivity index (χ1n) is 4.09. The molecule has 3 nitrogen and oxygen atoms in total. The Morgan fingerprint density at radius 3 is 2.62 bits per heavy atom. The van der Waals surface area contributed by atoms with E-state index in [9.17, 15) is 0 Å². The van der Waals surface area contributed by atoms with Gasteiger partial charge in [0.1, 0.15) is 0 Å². The van der Waals surface area contributed by atoms with Crippen LogP contribution in [0.1, 0.15) is 11.1 Å². The summed E-state index contributed by atoms with van der Waals surface area (Å²) in [6, 6.07) is 5.50. The molecule has 1 aromatic carbocycles. The van der Waals surface area contributed by atoms with Gasteiger partial charge in [0, 0.05) is 7.11 Å². The third-order valence-electron chi connectivity index (χ3n) is 1.93. The highest BCUT2D eigenvalue weighted by atomic mass is 16.5. The van der Waals surface area contributed by atoms with E-state index in [1.165, 1.54) is 0 Å². The molecule has 0 aliphatic rings. The van der Waals surface area contributed by atoms with E-state index in [1.807, 2.05) is 19.1 Å². The third kappa shape index (κ3) is 2.55. The molecule has 0 radical (unpaired) electrons. The number of hydrogen-bond acceptors (Lipinski definition) is 3. The Morgan fingerprint density at radius 1 is 1.38 bits per heavy atom. The zero-order chi connectivity index (χ0) is 9.84. The summed E-state index contributed by atoms with van der Waals surface area (Å²) in [7, 11) is 0.200. The minimum absolute atomic E-state index is 0.486. The van der Waals surface area contributed by atoms with Crippen LogP contribution in [0.4, 0.5) is 0 Å². The van der Waals surface area contributed by atoms with Crippen LogP contribution >= 0.6 is 0 Å². The third-order valence-corrected chi connectivity index (χ3v) is 1.93. The molecule has 0 unspecified atom stereocenters. The summed E-state index contributed by atoms with van der Waals surface area (Å²) < 4.78 is 4.94. The van der Waals surface area contributed by atoms with Crippen molar-refractivity contribution in [1.82, 2.24) is 0 Å². The van der Waals surface area contributed by atoms with Gasteiger partial charge in [-0.05, 0) is 17.9 Å². The summed E-state index contributed by atoms with van der Waals surface area (Å²) in [5.41, 5.74) is 2.35. The van der Waals surface area contributed by atoms with Crippen molar-refractivity contribution in [2.45, 2.75) is 13.5 Å². The van der Waals surface area contributed by atoms with Gasteiger partial charge in [0.15, 0.2) is 0 Å². The lowest BCUT2D eigenvalue weighted by molar-refractivity contribution is 0.185. The average Bonchev–Trinajstić information content (AvgIpc) is 2.08. The van der Waals surface area contributed by atoms with Crippen molar-refractivity contribution in [2.24, 2.45) is 0 Å². The highest BCUT2D eigenvalue weighted by molar-refractivity contribution is 6.59. The van der Waals surface area contributed by atoms with Crippen LogP contribution in [-0.4, -0.2) is 24.3 Å². The average molecular weight is 180 g/mol. The van der Waals surface area contributed by atoms with E-state index in [-0.39, 0.29) is 0 Å². The van der Waals surface area contributed by atoms with Crippen LogP contribution in [0, 0.1) is 6.92 Å². The Hall–Kier alpha value is -0.835. The van der Waals surface area contributed by atoms with Gasteiger partial charge in [0.25, 0.3) is 0 Å². The summed E-state index contributed by atoms with van der Waals surface area (Å²) >= 11 is 0. The fraction of sp³-hybridized carbons (Fsp3) is 0.333. The molecule has 70 valence electrons. The molecule has 2 N–H and O–H groups in total. The Morgan fingerprint density at radius 2 is 2.08 bits per heavy atom. The van der Waals surface area contributed by atoms with Gasteiger partial charge in [-0.1, -0.05) is 23.8 Å². The predicted molar refractivity (Wildman–Crippen MR) is 51.7 cm³/mol. The monoisotopic (exact) mass is 180 g/mol. The van der Waals surface area contributed by atoms with Gasteiger partial charge in [-0.15, -0.1) is 0 Å². The van der Waals surface area contributed by atoms with Crippen molar-refractivity contribution in [3.63, 3.8) is 0 Å². The Balaban J connectivity index is 2.97. The molecule has 0 fully saturated rings. The molecule has 4 heteroatoms. The molecule has 0 atom stereocenters. The normalized spacial score (nSPS) is 10.2. The van der Waals surface area contributed by atoms with Crippen LogP contribution in [0.25, 0.3) is 0 Å². The fourth-order valence-corrected chi connectivity index (χ4v) is 1.22. The molecular formula is C9H13BO3. The number of methoxy groups -OCH3 is 1. The molecule has 0 heterocycles. The number of ether oxygens (including phenoxy) is 1. The molecule has 0 aromatic heterocycles. The van der Waals surface area contributed by atoms with Gasteiger partial charge < -0.3 is 14.8 Å². The van der Waals surface area contributed by atoms with Crippen molar-refractivity contribution in [3.8, 4) is 0 Å². The SMILES string of the molecule is COCc1ccc(C)c(B(O)O)c1. The molecular weight excluding hydrogens is 167 g/mol. The molecule has 0 saturated carbocycles. The van der Waals surface area contributed by atoms with E-state index in [0.29, 0.717) is 12.1 Å². The van der Waals surface area contributed by atoms with Crippen molar-refractivity contribution in [3.05, 3.63) is 29.3 Å². The lowest BCUT2D eigenvalue weighted by Gasteiger charge is -2.07. The zero-order valence-corrected chi connectivity index (χ0v) is 7.82. The maximum atomic E-state index is 9.01. The predicted octanol–water partition coefficient (Wildman–Crippen LogP) is -0.179. The van der Waals surface area contributed by atoms with E-state index in [2.05, 4.69) is 0 Å². The summed E-state index contributed by atoms with van der Waals surface area (Å²) in [5, 5.41) is 18.0.